The highest BCUT2D eigenvalue weighted by atomic mass is 16.5. The average Bonchev–Trinajstić information content (AvgIpc) is 2.48. The Hall–Kier alpha value is -2.17. The van der Waals surface area contributed by atoms with Gasteiger partial charge in [-0.05, 0) is 23.8 Å². The Balaban J connectivity index is 2.65. The first kappa shape index (κ1) is 17.9. The predicted octanol–water partition coefficient (Wildman–Crippen LogP) is 3.76. The van der Waals surface area contributed by atoms with Gasteiger partial charge in [-0.1, -0.05) is 51.1 Å². The van der Waals surface area contributed by atoms with Gasteiger partial charge < -0.3 is 9.47 Å². The first-order chi connectivity index (χ1) is 10.3. The van der Waals surface area contributed by atoms with Crippen LogP contribution in [0, 0.1) is 5.41 Å². The first-order valence-electron chi connectivity index (χ1n) is 7.18. The Kier molecular flexibility index (Phi) is 6.76. The third-order valence-electron chi connectivity index (χ3n) is 2.96. The molecular weight excluding hydrogens is 282 g/mol. The van der Waals surface area contributed by atoms with Crippen LogP contribution in [0.5, 0.6) is 0 Å². The second-order valence-corrected chi connectivity index (χ2v) is 6.15. The number of nitrogens with zero attached hydrogens (tertiary/aromatic N) is 1. The smallest absolute Gasteiger partial charge is 0.434 e. The maximum atomic E-state index is 11.8. The van der Waals surface area contributed by atoms with Crippen molar-refractivity contribution in [3.05, 3.63) is 35.9 Å². The molecule has 0 aliphatic carbocycles. The summed E-state index contributed by atoms with van der Waals surface area (Å²) < 4.78 is 9.71. The minimum atomic E-state index is -0.779. The molecule has 0 saturated carbocycles. The molecule has 1 rings (SSSR count). The van der Waals surface area contributed by atoms with Crippen LogP contribution in [-0.2, 0) is 20.9 Å². The molecule has 22 heavy (non-hydrogen) atoms. The summed E-state index contributed by atoms with van der Waals surface area (Å²) in [4.78, 5) is 27.2. The van der Waals surface area contributed by atoms with Gasteiger partial charge >= 0.3 is 12.1 Å². The molecule has 0 spiro atoms. The van der Waals surface area contributed by atoms with Crippen molar-refractivity contribution >= 4 is 17.8 Å². The van der Waals surface area contributed by atoms with E-state index in [0.717, 1.165) is 5.56 Å². The van der Waals surface area contributed by atoms with Gasteiger partial charge in [0.25, 0.3) is 0 Å². The molecule has 1 aromatic rings. The molecule has 0 N–H and O–H groups in total. The Morgan fingerprint density at radius 3 is 2.32 bits per heavy atom. The molecule has 5 nitrogen and oxygen atoms in total. The van der Waals surface area contributed by atoms with Crippen molar-refractivity contribution in [2.75, 3.05) is 7.11 Å². The number of esters is 1. The molecule has 0 saturated heterocycles. The number of aliphatic imine (C=N–C) groups is 1. The molecule has 0 aliphatic rings. The normalized spacial score (nSPS) is 11.9. The monoisotopic (exact) mass is 305 g/mol. The first-order valence-corrected chi connectivity index (χ1v) is 7.18. The zero-order chi connectivity index (χ0) is 16.6. The lowest BCUT2D eigenvalue weighted by molar-refractivity contribution is -0.132. The summed E-state index contributed by atoms with van der Waals surface area (Å²) in [6, 6.07) is 9.28. The van der Waals surface area contributed by atoms with E-state index in [4.69, 9.17) is 4.74 Å². The summed E-state index contributed by atoms with van der Waals surface area (Å²) in [5, 5.41) is 0. The van der Waals surface area contributed by atoms with E-state index in [1.54, 1.807) is 0 Å². The lowest BCUT2D eigenvalue weighted by Gasteiger charge is -2.17. The summed E-state index contributed by atoms with van der Waals surface area (Å²) in [6.45, 7) is 6.28. The summed E-state index contributed by atoms with van der Waals surface area (Å²) >= 11 is 0. The van der Waals surface area contributed by atoms with Gasteiger partial charge in [0.15, 0.2) is 0 Å². The third kappa shape index (κ3) is 7.02. The van der Waals surface area contributed by atoms with Crippen LogP contribution in [0.2, 0.25) is 0 Å². The number of benzene rings is 1. The van der Waals surface area contributed by atoms with E-state index < -0.39 is 12.1 Å². The van der Waals surface area contributed by atoms with Crippen LogP contribution in [0.1, 0.15) is 39.2 Å². The van der Waals surface area contributed by atoms with E-state index in [-0.39, 0.29) is 17.7 Å². The SMILES string of the molecule is COC(=O)C(CCC(C)(C)C)=NC(=O)OCc1ccccc1. The van der Waals surface area contributed by atoms with E-state index in [9.17, 15) is 9.59 Å². The number of carbonyl (C=O) groups excluding carboxylic acids is 2. The second kappa shape index (κ2) is 8.32. The molecule has 0 aromatic heterocycles. The Bertz CT molecular complexity index is 529. The van der Waals surface area contributed by atoms with Crippen LogP contribution < -0.4 is 0 Å². The Morgan fingerprint density at radius 2 is 1.77 bits per heavy atom. The van der Waals surface area contributed by atoms with E-state index in [0.29, 0.717) is 12.8 Å². The molecule has 1 aromatic carbocycles. The van der Waals surface area contributed by atoms with Crippen LogP contribution in [-0.4, -0.2) is 24.9 Å². The maximum absolute atomic E-state index is 11.8. The van der Waals surface area contributed by atoms with Gasteiger partial charge in [0.05, 0.1) is 7.11 Å². The lowest BCUT2D eigenvalue weighted by Crippen LogP contribution is -2.20. The van der Waals surface area contributed by atoms with Crippen molar-refractivity contribution in [1.82, 2.24) is 0 Å². The molecule has 0 radical (unpaired) electrons. The number of ether oxygens (including phenoxy) is 2. The lowest BCUT2D eigenvalue weighted by atomic mass is 9.89. The molecule has 0 unspecified atom stereocenters. The summed E-state index contributed by atoms with van der Waals surface area (Å²) in [7, 11) is 1.27. The van der Waals surface area contributed by atoms with Gasteiger partial charge in [-0.2, -0.15) is 4.99 Å². The number of rotatable bonds is 5. The largest absolute Gasteiger partial charge is 0.465 e. The summed E-state index contributed by atoms with van der Waals surface area (Å²) in [6.07, 6.45) is 0.307. The van der Waals surface area contributed by atoms with Gasteiger partial charge in [-0.3, -0.25) is 0 Å². The molecule has 1 amide bonds. The van der Waals surface area contributed by atoms with Gasteiger partial charge in [-0.15, -0.1) is 0 Å². The highest BCUT2D eigenvalue weighted by Crippen LogP contribution is 2.21. The predicted molar refractivity (Wildman–Crippen MR) is 84.8 cm³/mol. The molecule has 120 valence electrons. The molecule has 5 heteroatoms. The van der Waals surface area contributed by atoms with Crippen molar-refractivity contribution in [1.29, 1.82) is 0 Å². The minimum Gasteiger partial charge on any atom is -0.465 e. The Morgan fingerprint density at radius 1 is 1.14 bits per heavy atom. The quantitative estimate of drug-likeness (QED) is 0.613. The van der Waals surface area contributed by atoms with Gasteiger partial charge in [0.2, 0.25) is 0 Å². The molecular formula is C17H23NO4. The van der Waals surface area contributed by atoms with Crippen molar-refractivity contribution in [3.8, 4) is 0 Å². The van der Waals surface area contributed by atoms with Crippen LogP contribution >= 0.6 is 0 Å². The number of hydrogen-bond acceptors (Lipinski definition) is 4. The summed E-state index contributed by atoms with van der Waals surface area (Å²) in [5.41, 5.74) is 0.985. The van der Waals surface area contributed by atoms with Crippen molar-refractivity contribution in [3.63, 3.8) is 0 Å². The van der Waals surface area contributed by atoms with Crippen LogP contribution in [0.3, 0.4) is 0 Å². The van der Waals surface area contributed by atoms with Gasteiger partial charge in [-0.25, -0.2) is 9.59 Å². The molecule has 0 atom stereocenters. The maximum Gasteiger partial charge on any atom is 0.434 e. The van der Waals surface area contributed by atoms with Crippen LogP contribution in [0.15, 0.2) is 35.3 Å². The van der Waals surface area contributed by atoms with E-state index in [1.807, 2.05) is 30.3 Å². The van der Waals surface area contributed by atoms with Gasteiger partial charge in [0, 0.05) is 0 Å². The van der Waals surface area contributed by atoms with Gasteiger partial charge in [0.1, 0.15) is 12.3 Å². The highest BCUT2D eigenvalue weighted by molar-refractivity contribution is 6.37. The number of hydrogen-bond donors (Lipinski definition) is 0. The average molecular weight is 305 g/mol. The number of methoxy groups -OCH3 is 1. The topological polar surface area (TPSA) is 65.0 Å². The molecule has 0 aliphatic heterocycles. The van der Waals surface area contributed by atoms with Crippen LogP contribution in [0.25, 0.3) is 0 Å². The standard InChI is InChI=1S/C17H23NO4/c1-17(2,3)11-10-14(15(19)21-4)18-16(20)22-12-13-8-6-5-7-9-13/h5-9H,10-12H2,1-4H3. The van der Waals surface area contributed by atoms with Crippen molar-refractivity contribution < 1.29 is 19.1 Å². The number of amides is 1. The fourth-order valence-corrected chi connectivity index (χ4v) is 1.68. The summed E-state index contributed by atoms with van der Waals surface area (Å²) in [5.74, 6) is -0.596. The highest BCUT2D eigenvalue weighted by Gasteiger charge is 2.19. The fourth-order valence-electron chi connectivity index (χ4n) is 1.68. The zero-order valence-corrected chi connectivity index (χ0v) is 13.6. The van der Waals surface area contributed by atoms with E-state index >= 15 is 0 Å². The Labute approximate surface area is 131 Å². The number of carbonyl (C=O) groups is 2. The fraction of sp³-hybridized carbons (Fsp3) is 0.471. The minimum absolute atomic E-state index is 0.0305. The second-order valence-electron chi connectivity index (χ2n) is 6.15. The van der Waals surface area contributed by atoms with E-state index in [2.05, 4.69) is 30.5 Å². The molecule has 0 heterocycles. The van der Waals surface area contributed by atoms with Crippen LogP contribution in [0.4, 0.5) is 4.79 Å². The molecule has 0 fully saturated rings. The van der Waals surface area contributed by atoms with Crippen molar-refractivity contribution in [2.24, 2.45) is 10.4 Å². The van der Waals surface area contributed by atoms with Crippen molar-refractivity contribution in [2.45, 2.75) is 40.2 Å². The zero-order valence-electron chi connectivity index (χ0n) is 13.6. The molecule has 0 bridgehead atoms. The van der Waals surface area contributed by atoms with E-state index in [1.165, 1.54) is 7.11 Å². The third-order valence-corrected chi connectivity index (χ3v) is 2.96.